The summed E-state index contributed by atoms with van der Waals surface area (Å²) in [7, 11) is 1.61. The number of phenolic OH excluding ortho intramolecular Hbond substituents is 1. The molecule has 8 heteroatoms. The minimum atomic E-state index is -0.509. The fourth-order valence-corrected chi connectivity index (χ4v) is 3.57. The van der Waals surface area contributed by atoms with Crippen molar-refractivity contribution in [2.24, 2.45) is 5.10 Å². The van der Waals surface area contributed by atoms with Gasteiger partial charge in [-0.3, -0.25) is 4.79 Å². The van der Waals surface area contributed by atoms with Crippen LogP contribution in [0, 0.1) is 13.8 Å². The molecule has 0 unspecified atom stereocenters. The Hall–Kier alpha value is -2.77. The van der Waals surface area contributed by atoms with Crippen LogP contribution in [0.25, 0.3) is 5.69 Å². The van der Waals surface area contributed by atoms with Gasteiger partial charge >= 0.3 is 0 Å². The number of carbonyl (C=O) groups is 1. The predicted molar refractivity (Wildman–Crippen MR) is 118 cm³/mol. The number of nitrogens with one attached hydrogen (secondary N) is 1. The highest BCUT2D eigenvalue weighted by atomic mass is 79.9. The maximum Gasteiger partial charge on any atom is 0.275 e. The van der Waals surface area contributed by atoms with Gasteiger partial charge in [-0.05, 0) is 56.3 Å². The molecule has 0 spiro atoms. The fourth-order valence-electron chi connectivity index (χ4n) is 3.04. The van der Waals surface area contributed by atoms with Gasteiger partial charge in [-0.25, -0.2) is 5.43 Å². The maximum absolute atomic E-state index is 12.3. The van der Waals surface area contributed by atoms with Crippen molar-refractivity contribution in [3.8, 4) is 17.2 Å². The molecule has 3 rings (SSSR count). The number of hydrogen-bond donors (Lipinski definition) is 2. The minimum absolute atomic E-state index is 0.118. The number of nitrogens with zero attached hydrogens (tertiary/aromatic N) is 2. The van der Waals surface area contributed by atoms with Crippen molar-refractivity contribution in [1.82, 2.24) is 9.99 Å². The van der Waals surface area contributed by atoms with Gasteiger partial charge in [0.05, 0.1) is 24.6 Å². The van der Waals surface area contributed by atoms with E-state index in [1.807, 2.05) is 36.6 Å². The smallest absolute Gasteiger partial charge is 0.275 e. The van der Waals surface area contributed by atoms with E-state index in [1.54, 1.807) is 25.5 Å². The first-order chi connectivity index (χ1) is 13.8. The van der Waals surface area contributed by atoms with Crippen molar-refractivity contribution in [3.05, 3.63) is 74.5 Å². The molecule has 1 aromatic heterocycles. The Kier molecular flexibility index (Phi) is 6.30. The second-order valence-corrected chi connectivity index (χ2v) is 7.69. The van der Waals surface area contributed by atoms with Crippen LogP contribution in [0.3, 0.4) is 0 Å². The number of aryl methyl sites for hydroxylation is 1. The van der Waals surface area contributed by atoms with Gasteiger partial charge in [-0.1, -0.05) is 27.5 Å². The zero-order valence-corrected chi connectivity index (χ0v) is 18.4. The number of phenols is 1. The standard InChI is InChI=1S/C21H19BrClN3O3/c1-12-8-14(11-24-25-21(28)17-9-15(22)4-6-19(17)27)13(2)26(12)18-10-16(23)5-7-20(18)29-3/h4-11,27H,1-3H3,(H,25,28)/b24-11-. The molecule has 0 aliphatic heterocycles. The van der Waals surface area contributed by atoms with Crippen molar-refractivity contribution in [2.45, 2.75) is 13.8 Å². The second-order valence-electron chi connectivity index (χ2n) is 6.34. The molecule has 0 fully saturated rings. The first-order valence-electron chi connectivity index (χ1n) is 8.66. The van der Waals surface area contributed by atoms with E-state index in [1.165, 1.54) is 12.1 Å². The lowest BCUT2D eigenvalue weighted by molar-refractivity contribution is 0.0952. The molecular weight excluding hydrogens is 458 g/mol. The van der Waals surface area contributed by atoms with Crippen LogP contribution in [0.4, 0.5) is 0 Å². The van der Waals surface area contributed by atoms with Crippen LogP contribution in [-0.2, 0) is 0 Å². The van der Waals surface area contributed by atoms with Gasteiger partial charge in [0.25, 0.3) is 5.91 Å². The molecule has 0 aliphatic carbocycles. The first kappa shape index (κ1) is 21.0. The fraction of sp³-hybridized carbons (Fsp3) is 0.143. The van der Waals surface area contributed by atoms with E-state index in [0.29, 0.717) is 15.2 Å². The van der Waals surface area contributed by atoms with Crippen molar-refractivity contribution in [3.63, 3.8) is 0 Å². The summed E-state index contributed by atoms with van der Waals surface area (Å²) in [6, 6.07) is 12.0. The van der Waals surface area contributed by atoms with Gasteiger partial charge < -0.3 is 14.4 Å². The molecule has 0 saturated heterocycles. The number of hydrazone groups is 1. The molecule has 6 nitrogen and oxygen atoms in total. The molecule has 0 bridgehead atoms. The monoisotopic (exact) mass is 475 g/mol. The zero-order valence-electron chi connectivity index (χ0n) is 16.0. The van der Waals surface area contributed by atoms with E-state index in [9.17, 15) is 9.90 Å². The minimum Gasteiger partial charge on any atom is -0.507 e. The van der Waals surface area contributed by atoms with Crippen LogP contribution in [0.2, 0.25) is 5.02 Å². The van der Waals surface area contributed by atoms with Gasteiger partial charge in [-0.2, -0.15) is 5.10 Å². The largest absolute Gasteiger partial charge is 0.507 e. The van der Waals surface area contributed by atoms with E-state index in [-0.39, 0.29) is 11.3 Å². The van der Waals surface area contributed by atoms with Gasteiger partial charge in [0.2, 0.25) is 0 Å². The average Bonchev–Trinajstić information content (AvgIpc) is 2.96. The number of ether oxygens (including phenoxy) is 1. The molecule has 1 amide bonds. The molecule has 150 valence electrons. The molecule has 29 heavy (non-hydrogen) atoms. The second kappa shape index (κ2) is 8.71. The lowest BCUT2D eigenvalue weighted by atomic mass is 10.2. The van der Waals surface area contributed by atoms with Gasteiger partial charge in [0.1, 0.15) is 11.5 Å². The number of amides is 1. The lowest BCUT2D eigenvalue weighted by Crippen LogP contribution is -2.17. The van der Waals surface area contributed by atoms with Crippen molar-refractivity contribution < 1.29 is 14.6 Å². The number of methoxy groups -OCH3 is 1. The predicted octanol–water partition coefficient (Wildman–Crippen LogP) is 4.99. The average molecular weight is 477 g/mol. The molecule has 0 saturated carbocycles. The Morgan fingerprint density at radius 2 is 2.00 bits per heavy atom. The molecular formula is C21H19BrClN3O3. The van der Waals surface area contributed by atoms with Crippen molar-refractivity contribution >= 4 is 39.7 Å². The highest BCUT2D eigenvalue weighted by Crippen LogP contribution is 2.30. The van der Waals surface area contributed by atoms with E-state index in [4.69, 9.17) is 16.3 Å². The third-order valence-corrected chi connectivity index (χ3v) is 5.15. The van der Waals surface area contributed by atoms with E-state index in [2.05, 4.69) is 26.5 Å². The van der Waals surface area contributed by atoms with Gasteiger partial charge in [-0.15, -0.1) is 0 Å². The number of aromatic nitrogens is 1. The Balaban J connectivity index is 1.87. The molecule has 0 atom stereocenters. The van der Waals surface area contributed by atoms with E-state index in [0.717, 1.165) is 22.6 Å². The highest BCUT2D eigenvalue weighted by molar-refractivity contribution is 9.10. The summed E-state index contributed by atoms with van der Waals surface area (Å²) in [5.74, 6) is 0.0654. The maximum atomic E-state index is 12.3. The van der Waals surface area contributed by atoms with Gasteiger partial charge in [0, 0.05) is 26.4 Å². The molecule has 1 heterocycles. The van der Waals surface area contributed by atoms with Crippen LogP contribution in [0.5, 0.6) is 11.5 Å². The van der Waals surface area contributed by atoms with Crippen LogP contribution >= 0.6 is 27.5 Å². The number of benzene rings is 2. The summed E-state index contributed by atoms with van der Waals surface area (Å²) in [4.78, 5) is 12.3. The SMILES string of the molecule is COc1ccc(Cl)cc1-n1c(C)cc(/C=N\NC(=O)c2cc(Br)ccc2O)c1C. The topological polar surface area (TPSA) is 75.8 Å². The highest BCUT2D eigenvalue weighted by Gasteiger charge is 2.14. The Labute approximate surface area is 181 Å². The number of aromatic hydroxyl groups is 1. The van der Waals surface area contributed by atoms with E-state index < -0.39 is 5.91 Å². The molecule has 2 N–H and O–H groups in total. The zero-order chi connectivity index (χ0) is 21.1. The quantitative estimate of drug-likeness (QED) is 0.402. The summed E-state index contributed by atoms with van der Waals surface area (Å²) in [5.41, 5.74) is 6.08. The van der Waals surface area contributed by atoms with Crippen molar-refractivity contribution in [1.29, 1.82) is 0 Å². The number of rotatable bonds is 5. The first-order valence-corrected chi connectivity index (χ1v) is 9.83. The summed E-state index contributed by atoms with van der Waals surface area (Å²) in [5, 5.41) is 14.5. The van der Waals surface area contributed by atoms with Crippen LogP contribution in [0.1, 0.15) is 27.3 Å². The summed E-state index contributed by atoms with van der Waals surface area (Å²) < 4.78 is 8.15. The van der Waals surface area contributed by atoms with Crippen LogP contribution in [0.15, 0.2) is 52.0 Å². The Morgan fingerprint density at radius 3 is 2.72 bits per heavy atom. The Morgan fingerprint density at radius 1 is 1.24 bits per heavy atom. The van der Waals surface area contributed by atoms with E-state index >= 15 is 0 Å². The molecule has 2 aromatic carbocycles. The third-order valence-electron chi connectivity index (χ3n) is 4.43. The van der Waals surface area contributed by atoms with Crippen LogP contribution < -0.4 is 10.2 Å². The summed E-state index contributed by atoms with van der Waals surface area (Å²) in [6.07, 6.45) is 1.56. The molecule has 0 aliphatic rings. The third kappa shape index (κ3) is 4.46. The number of carbonyl (C=O) groups excluding carboxylic acids is 1. The lowest BCUT2D eigenvalue weighted by Gasteiger charge is -2.14. The normalized spacial score (nSPS) is 11.1. The molecule has 0 radical (unpaired) electrons. The molecule has 3 aromatic rings. The van der Waals surface area contributed by atoms with Gasteiger partial charge in [0.15, 0.2) is 0 Å². The number of hydrogen-bond acceptors (Lipinski definition) is 4. The van der Waals surface area contributed by atoms with Crippen molar-refractivity contribution in [2.75, 3.05) is 7.11 Å². The summed E-state index contributed by atoms with van der Waals surface area (Å²) in [6.45, 7) is 3.90. The van der Waals surface area contributed by atoms with Crippen LogP contribution in [-0.4, -0.2) is 28.9 Å². The Bertz CT molecular complexity index is 1110. The summed E-state index contributed by atoms with van der Waals surface area (Å²) >= 11 is 9.45. The number of halogens is 2.